The second-order valence-electron chi connectivity index (χ2n) is 9.27. The van der Waals surface area contributed by atoms with Crippen LogP contribution >= 0.6 is 62.2 Å². The number of H-pyrrole nitrogens is 1. The molecular formula is C28H18BrCl2N3O5S2. The molecule has 208 valence electrons. The van der Waals surface area contributed by atoms with Crippen LogP contribution in [0, 0.1) is 5.92 Å². The minimum absolute atomic E-state index is 0.245. The molecule has 4 aromatic rings. The molecule has 6 rings (SSSR count). The monoisotopic (exact) mass is 689 g/mol. The van der Waals surface area contributed by atoms with Crippen LogP contribution in [0.1, 0.15) is 16.4 Å². The van der Waals surface area contributed by atoms with E-state index < -0.39 is 17.1 Å². The van der Waals surface area contributed by atoms with E-state index in [2.05, 4.69) is 26.2 Å². The normalized spacial score (nSPS) is 19.6. The van der Waals surface area contributed by atoms with Gasteiger partial charge < -0.3 is 15.0 Å². The van der Waals surface area contributed by atoms with Gasteiger partial charge in [0.1, 0.15) is 11.0 Å². The van der Waals surface area contributed by atoms with Gasteiger partial charge in [0.25, 0.3) is 5.91 Å². The number of ether oxygens (including phenoxy) is 1. The maximum Gasteiger partial charge on any atom is 0.305 e. The predicted molar refractivity (Wildman–Crippen MR) is 164 cm³/mol. The van der Waals surface area contributed by atoms with Crippen LogP contribution in [0.2, 0.25) is 10.0 Å². The van der Waals surface area contributed by atoms with Crippen molar-refractivity contribution in [2.24, 2.45) is 5.92 Å². The fraction of sp³-hybridized carbons (Fsp3) is 0.143. The van der Waals surface area contributed by atoms with E-state index in [1.165, 1.54) is 16.7 Å². The summed E-state index contributed by atoms with van der Waals surface area (Å²) >= 11 is 17.6. The summed E-state index contributed by atoms with van der Waals surface area (Å²) in [5.74, 6) is -1.78. The summed E-state index contributed by atoms with van der Waals surface area (Å²) < 4.78 is 6.49. The highest BCUT2D eigenvalue weighted by molar-refractivity contribution is 9.10. The molecule has 3 aromatic carbocycles. The summed E-state index contributed by atoms with van der Waals surface area (Å²) in [6, 6.07) is 18.7. The van der Waals surface area contributed by atoms with Crippen molar-refractivity contribution in [3.63, 3.8) is 0 Å². The zero-order chi connectivity index (χ0) is 28.8. The lowest BCUT2D eigenvalue weighted by Crippen LogP contribution is -2.32. The van der Waals surface area contributed by atoms with Gasteiger partial charge in [-0.25, -0.2) is 4.90 Å². The minimum Gasteiger partial charge on any atom is -0.484 e. The molecule has 0 radical (unpaired) electrons. The number of thiazole rings is 1. The fourth-order valence-electron chi connectivity index (χ4n) is 4.91. The molecule has 1 saturated heterocycles. The first kappa shape index (κ1) is 28.0. The first-order valence-electron chi connectivity index (χ1n) is 12.2. The van der Waals surface area contributed by atoms with Crippen molar-refractivity contribution in [1.82, 2.24) is 4.98 Å². The molecule has 2 unspecified atom stereocenters. The number of nitrogens with zero attached hydrogens (tertiary/aromatic N) is 1. The molecule has 3 atom stereocenters. The van der Waals surface area contributed by atoms with Gasteiger partial charge in [0.05, 0.1) is 26.7 Å². The Hall–Kier alpha value is -3.09. The smallest absolute Gasteiger partial charge is 0.305 e. The highest BCUT2D eigenvalue weighted by atomic mass is 79.9. The molecule has 2 aliphatic heterocycles. The average Bonchev–Trinajstić information content (AvgIpc) is 3.44. The van der Waals surface area contributed by atoms with Crippen LogP contribution in [0.4, 0.5) is 11.4 Å². The highest BCUT2D eigenvalue weighted by Crippen LogP contribution is 2.53. The third-order valence-electron chi connectivity index (χ3n) is 6.72. The number of imide groups is 1. The Morgan fingerprint density at radius 2 is 1.71 bits per heavy atom. The number of halogens is 3. The summed E-state index contributed by atoms with van der Waals surface area (Å²) in [5, 5.41) is 3.31. The number of rotatable bonds is 6. The van der Waals surface area contributed by atoms with Crippen LogP contribution in [0.25, 0.3) is 0 Å². The quantitative estimate of drug-likeness (QED) is 0.229. The minimum atomic E-state index is -0.696. The van der Waals surface area contributed by atoms with Crippen LogP contribution in [0.15, 0.2) is 81.0 Å². The Labute approximate surface area is 260 Å². The van der Waals surface area contributed by atoms with E-state index in [9.17, 15) is 19.2 Å². The van der Waals surface area contributed by atoms with Crippen LogP contribution in [0.5, 0.6) is 5.75 Å². The maximum atomic E-state index is 13.8. The number of hydrogen-bond donors (Lipinski definition) is 2. The SMILES string of the molecule is O=C(COc1ccc([C@H]2c3sc(=O)[nH]c3SC3C(=O)N(c4ccc(Br)cc4)C(=O)C32)cc1)Nc1ccc(Cl)c(Cl)c1. The first-order valence-corrected chi connectivity index (χ1v) is 15.4. The molecule has 1 aromatic heterocycles. The lowest BCUT2D eigenvalue weighted by Gasteiger charge is -2.29. The second-order valence-corrected chi connectivity index (χ2v) is 13.2. The van der Waals surface area contributed by atoms with E-state index >= 15 is 0 Å². The lowest BCUT2D eigenvalue weighted by molar-refractivity contribution is -0.122. The number of nitrogens with one attached hydrogen (secondary N) is 2. The molecule has 0 saturated carbocycles. The standard InChI is InChI=1S/C28H18BrCl2N3O5S2/c29-14-3-6-16(7-4-14)34-26(36)22-21(23-25(33-28(38)41-23)40-24(22)27(34)37)13-1-8-17(9-2-13)39-12-20(35)32-15-5-10-18(30)19(31)11-15/h1-11,21-22,24H,12H2,(H,32,35)(H,33,38)/t21-,22?,24?/m1/s1. The van der Waals surface area contributed by atoms with Gasteiger partial charge in [-0.2, -0.15) is 0 Å². The van der Waals surface area contributed by atoms with E-state index in [0.717, 1.165) is 26.3 Å². The third kappa shape index (κ3) is 5.44. The van der Waals surface area contributed by atoms with E-state index in [4.69, 9.17) is 27.9 Å². The number of aromatic amines is 1. The number of benzene rings is 3. The third-order valence-corrected chi connectivity index (χ3v) is 10.4. The molecular weight excluding hydrogens is 673 g/mol. The lowest BCUT2D eigenvalue weighted by atomic mass is 9.83. The van der Waals surface area contributed by atoms with Gasteiger partial charge in [-0.1, -0.05) is 74.4 Å². The summed E-state index contributed by atoms with van der Waals surface area (Å²) in [7, 11) is 0. The van der Waals surface area contributed by atoms with Crippen LogP contribution in [-0.2, 0) is 14.4 Å². The Morgan fingerprint density at radius 1 is 0.976 bits per heavy atom. The summed E-state index contributed by atoms with van der Waals surface area (Å²) in [5.41, 5.74) is 1.74. The summed E-state index contributed by atoms with van der Waals surface area (Å²) in [4.78, 5) is 56.5. The molecule has 2 aliphatic rings. The average molecular weight is 691 g/mol. The van der Waals surface area contributed by atoms with Crippen molar-refractivity contribution >= 4 is 91.3 Å². The molecule has 3 heterocycles. The van der Waals surface area contributed by atoms with Gasteiger partial charge in [0.2, 0.25) is 11.8 Å². The second kappa shape index (κ2) is 11.3. The summed E-state index contributed by atoms with van der Waals surface area (Å²) in [6.07, 6.45) is 0. The van der Waals surface area contributed by atoms with Crippen molar-refractivity contribution in [2.45, 2.75) is 16.2 Å². The predicted octanol–water partition coefficient (Wildman–Crippen LogP) is 6.32. The number of thioether (sulfide) groups is 1. The van der Waals surface area contributed by atoms with Crippen molar-refractivity contribution < 1.29 is 19.1 Å². The Morgan fingerprint density at radius 3 is 2.41 bits per heavy atom. The zero-order valence-corrected chi connectivity index (χ0v) is 25.5. The van der Waals surface area contributed by atoms with Crippen molar-refractivity contribution in [1.29, 1.82) is 0 Å². The molecule has 0 aliphatic carbocycles. The van der Waals surface area contributed by atoms with Gasteiger partial charge in [0, 0.05) is 21.0 Å². The van der Waals surface area contributed by atoms with Gasteiger partial charge in [-0.15, -0.1) is 0 Å². The summed E-state index contributed by atoms with van der Waals surface area (Å²) in [6.45, 7) is -0.247. The topological polar surface area (TPSA) is 109 Å². The number of amides is 3. The molecule has 0 bridgehead atoms. The number of aromatic nitrogens is 1. The van der Waals surface area contributed by atoms with E-state index in [-0.39, 0.29) is 29.2 Å². The largest absolute Gasteiger partial charge is 0.484 e. The molecule has 2 N–H and O–H groups in total. The van der Waals surface area contributed by atoms with Crippen molar-refractivity contribution in [3.05, 3.63) is 101 Å². The number of anilines is 2. The highest BCUT2D eigenvalue weighted by Gasteiger charge is 2.56. The molecule has 1 fully saturated rings. The van der Waals surface area contributed by atoms with E-state index in [0.29, 0.717) is 32.2 Å². The Balaban J connectivity index is 1.23. The Bertz CT molecular complexity index is 1740. The van der Waals surface area contributed by atoms with Gasteiger partial charge in [-0.05, 0) is 60.2 Å². The van der Waals surface area contributed by atoms with Crippen LogP contribution < -0.4 is 19.8 Å². The Kier molecular flexibility index (Phi) is 7.73. The maximum absolute atomic E-state index is 13.8. The van der Waals surface area contributed by atoms with E-state index in [1.54, 1.807) is 66.7 Å². The first-order chi connectivity index (χ1) is 19.7. The van der Waals surface area contributed by atoms with Crippen molar-refractivity contribution in [3.8, 4) is 5.75 Å². The molecule has 41 heavy (non-hydrogen) atoms. The molecule has 3 amide bonds. The number of carbonyl (C=O) groups is 3. The van der Waals surface area contributed by atoms with Gasteiger partial charge >= 0.3 is 4.87 Å². The molecule has 8 nitrogen and oxygen atoms in total. The van der Waals surface area contributed by atoms with Gasteiger partial charge in [-0.3, -0.25) is 19.2 Å². The van der Waals surface area contributed by atoms with Gasteiger partial charge in [0.15, 0.2) is 6.61 Å². The number of fused-ring (bicyclic) bond motifs is 2. The number of hydrogen-bond acceptors (Lipinski definition) is 7. The molecule has 0 spiro atoms. The number of carbonyl (C=O) groups excluding carboxylic acids is 3. The van der Waals surface area contributed by atoms with Crippen LogP contribution in [0.3, 0.4) is 0 Å². The van der Waals surface area contributed by atoms with Crippen molar-refractivity contribution in [2.75, 3.05) is 16.8 Å². The van der Waals surface area contributed by atoms with E-state index in [1.807, 2.05) is 0 Å². The fourth-order valence-corrected chi connectivity index (χ4v) is 7.99. The van der Waals surface area contributed by atoms with Crippen LogP contribution in [-0.4, -0.2) is 34.6 Å². The zero-order valence-electron chi connectivity index (χ0n) is 20.7. The molecule has 13 heteroatoms.